The molecule has 7 nitrogen and oxygen atoms in total. The smallest absolute Gasteiger partial charge is 0.255 e. The normalized spacial score (nSPS) is 19.3. The third-order valence-corrected chi connectivity index (χ3v) is 8.66. The van der Waals surface area contributed by atoms with E-state index in [-0.39, 0.29) is 29.4 Å². The average Bonchev–Trinajstić information content (AvgIpc) is 3.21. The van der Waals surface area contributed by atoms with Gasteiger partial charge in [0.25, 0.3) is 11.8 Å². The van der Waals surface area contributed by atoms with Gasteiger partial charge >= 0.3 is 0 Å². The minimum absolute atomic E-state index is 0.00633. The molecule has 1 atom stereocenters. The number of hydrogen-bond donors (Lipinski definition) is 1. The van der Waals surface area contributed by atoms with Gasteiger partial charge in [0, 0.05) is 52.4 Å². The molecule has 192 valence electrons. The lowest BCUT2D eigenvalue weighted by Gasteiger charge is -2.39. The molecular formula is C29H24ClN3O4S. The fourth-order valence-corrected chi connectivity index (χ4v) is 6.59. The van der Waals surface area contributed by atoms with Crippen LogP contribution in [0.5, 0.6) is 0 Å². The Kier molecular flexibility index (Phi) is 6.45. The number of piperidine rings is 1. The van der Waals surface area contributed by atoms with Gasteiger partial charge in [-0.05, 0) is 59.5 Å². The van der Waals surface area contributed by atoms with E-state index in [1.54, 1.807) is 16.7 Å². The number of nitrogens with one attached hydrogen (secondary N) is 1. The number of nitrogens with zero attached hydrogens (tertiary/aromatic N) is 2. The molecule has 0 saturated carbocycles. The van der Waals surface area contributed by atoms with Gasteiger partial charge < -0.3 is 9.80 Å². The van der Waals surface area contributed by atoms with E-state index in [4.69, 9.17) is 11.6 Å². The molecule has 0 aliphatic carbocycles. The SMILES string of the molecule is O=C1CCC(N2Cc3cc(SC4CN(C(=O)c5ccccc5-c5ccc(Cl)cc5)C4)ccc3C2=O)C(=O)N1. The number of thioether (sulfide) groups is 1. The Morgan fingerprint density at radius 3 is 2.47 bits per heavy atom. The van der Waals surface area contributed by atoms with Crippen molar-refractivity contribution < 1.29 is 19.2 Å². The molecule has 3 aliphatic rings. The lowest BCUT2D eigenvalue weighted by Crippen LogP contribution is -2.52. The summed E-state index contributed by atoms with van der Waals surface area (Å²) >= 11 is 7.73. The Morgan fingerprint density at radius 1 is 0.947 bits per heavy atom. The number of amides is 4. The molecule has 4 amide bonds. The molecule has 1 unspecified atom stereocenters. The second kappa shape index (κ2) is 9.93. The molecule has 0 bridgehead atoms. The van der Waals surface area contributed by atoms with Gasteiger partial charge in [-0.2, -0.15) is 0 Å². The summed E-state index contributed by atoms with van der Waals surface area (Å²) < 4.78 is 0. The number of likely N-dealkylation sites (tertiary alicyclic amines) is 1. The van der Waals surface area contributed by atoms with Crippen molar-refractivity contribution >= 4 is 47.0 Å². The molecule has 2 saturated heterocycles. The van der Waals surface area contributed by atoms with E-state index in [1.807, 2.05) is 71.6 Å². The van der Waals surface area contributed by atoms with Crippen molar-refractivity contribution in [2.24, 2.45) is 0 Å². The van der Waals surface area contributed by atoms with Crippen LogP contribution in [0.15, 0.2) is 71.6 Å². The summed E-state index contributed by atoms with van der Waals surface area (Å²) in [7, 11) is 0. The monoisotopic (exact) mass is 545 g/mol. The van der Waals surface area contributed by atoms with Gasteiger partial charge in [-0.15, -0.1) is 11.8 Å². The zero-order valence-corrected chi connectivity index (χ0v) is 21.9. The summed E-state index contributed by atoms with van der Waals surface area (Å²) in [5.74, 6) is -0.873. The highest BCUT2D eigenvalue weighted by atomic mass is 35.5. The summed E-state index contributed by atoms with van der Waals surface area (Å²) in [5.41, 5.74) is 3.98. The highest BCUT2D eigenvalue weighted by Crippen LogP contribution is 2.36. The Labute approximate surface area is 229 Å². The molecule has 0 radical (unpaired) electrons. The zero-order chi connectivity index (χ0) is 26.4. The lowest BCUT2D eigenvalue weighted by atomic mass is 9.98. The first kappa shape index (κ1) is 24.7. The topological polar surface area (TPSA) is 86.8 Å². The molecule has 9 heteroatoms. The highest BCUT2D eigenvalue weighted by molar-refractivity contribution is 8.00. The molecular weight excluding hydrogens is 522 g/mol. The Bertz CT molecular complexity index is 1470. The number of hydrogen-bond acceptors (Lipinski definition) is 5. The second-order valence-electron chi connectivity index (χ2n) is 9.72. The van der Waals surface area contributed by atoms with Crippen LogP contribution in [0, 0.1) is 0 Å². The van der Waals surface area contributed by atoms with Crippen LogP contribution in [0.2, 0.25) is 5.02 Å². The number of benzene rings is 3. The number of carbonyl (C=O) groups excluding carboxylic acids is 4. The maximum atomic E-state index is 13.3. The van der Waals surface area contributed by atoms with Crippen LogP contribution in [-0.2, 0) is 16.1 Å². The molecule has 3 heterocycles. The predicted molar refractivity (Wildman–Crippen MR) is 145 cm³/mol. The summed E-state index contributed by atoms with van der Waals surface area (Å²) in [5, 5.41) is 3.24. The molecule has 0 aromatic heterocycles. The Balaban J connectivity index is 1.10. The van der Waals surface area contributed by atoms with Crippen molar-refractivity contribution in [1.29, 1.82) is 0 Å². The minimum Gasteiger partial charge on any atom is -0.336 e. The minimum atomic E-state index is -0.620. The summed E-state index contributed by atoms with van der Waals surface area (Å²) in [4.78, 5) is 54.4. The van der Waals surface area contributed by atoms with Crippen LogP contribution < -0.4 is 5.32 Å². The molecule has 2 fully saturated rings. The molecule has 38 heavy (non-hydrogen) atoms. The number of rotatable bonds is 5. The van der Waals surface area contributed by atoms with Crippen LogP contribution in [0.1, 0.15) is 39.1 Å². The Hall–Kier alpha value is -3.62. The molecule has 0 spiro atoms. The number of halogens is 1. The number of imide groups is 1. The van der Waals surface area contributed by atoms with Crippen molar-refractivity contribution in [3.8, 4) is 11.1 Å². The van der Waals surface area contributed by atoms with Crippen molar-refractivity contribution in [3.63, 3.8) is 0 Å². The third kappa shape index (κ3) is 4.59. The first-order valence-electron chi connectivity index (χ1n) is 12.5. The van der Waals surface area contributed by atoms with E-state index in [1.165, 1.54) is 0 Å². The van der Waals surface area contributed by atoms with Crippen molar-refractivity contribution in [2.45, 2.75) is 35.6 Å². The second-order valence-corrected chi connectivity index (χ2v) is 11.5. The standard InChI is InChI=1S/C29H24ClN3O4S/c30-19-7-5-17(6-8-19)22-3-1-2-4-24(22)28(36)32-15-21(16-32)38-20-9-10-23-18(13-20)14-33(29(23)37)25-11-12-26(34)31-27(25)35/h1-10,13,21,25H,11-12,14-16H2,(H,31,34,35). The van der Waals surface area contributed by atoms with Crippen LogP contribution in [-0.4, -0.2) is 57.8 Å². The van der Waals surface area contributed by atoms with Crippen LogP contribution in [0.4, 0.5) is 0 Å². The first-order valence-corrected chi connectivity index (χ1v) is 13.7. The molecule has 1 N–H and O–H groups in total. The van der Waals surface area contributed by atoms with Crippen molar-refractivity contribution in [1.82, 2.24) is 15.1 Å². The first-order chi connectivity index (χ1) is 18.4. The van der Waals surface area contributed by atoms with Crippen LogP contribution in [0.25, 0.3) is 11.1 Å². The summed E-state index contributed by atoms with van der Waals surface area (Å²) in [6, 6.07) is 20.2. The fourth-order valence-electron chi connectivity index (χ4n) is 5.22. The van der Waals surface area contributed by atoms with Gasteiger partial charge in [-0.3, -0.25) is 24.5 Å². The van der Waals surface area contributed by atoms with Crippen LogP contribution >= 0.6 is 23.4 Å². The highest BCUT2D eigenvalue weighted by Gasteiger charge is 2.39. The maximum Gasteiger partial charge on any atom is 0.255 e. The van der Waals surface area contributed by atoms with E-state index < -0.39 is 11.9 Å². The van der Waals surface area contributed by atoms with Crippen molar-refractivity contribution in [3.05, 3.63) is 88.4 Å². The molecule has 3 aliphatic heterocycles. The summed E-state index contributed by atoms with van der Waals surface area (Å²) in [6.45, 7) is 1.62. The van der Waals surface area contributed by atoms with Gasteiger partial charge in [-0.1, -0.05) is 41.9 Å². The predicted octanol–water partition coefficient (Wildman–Crippen LogP) is 4.38. The maximum absolute atomic E-state index is 13.3. The average molecular weight is 546 g/mol. The van der Waals surface area contributed by atoms with Gasteiger partial charge in [0.2, 0.25) is 11.8 Å². The lowest BCUT2D eigenvalue weighted by molar-refractivity contribution is -0.136. The van der Waals surface area contributed by atoms with Crippen LogP contribution in [0.3, 0.4) is 0 Å². The molecule has 3 aromatic carbocycles. The molecule has 6 rings (SSSR count). The van der Waals surface area contributed by atoms with Crippen molar-refractivity contribution in [2.75, 3.05) is 13.1 Å². The number of carbonyl (C=O) groups is 4. The van der Waals surface area contributed by atoms with E-state index in [2.05, 4.69) is 5.32 Å². The largest absolute Gasteiger partial charge is 0.336 e. The number of fused-ring (bicyclic) bond motifs is 1. The van der Waals surface area contributed by atoms with Gasteiger partial charge in [0.15, 0.2) is 0 Å². The fraction of sp³-hybridized carbons (Fsp3) is 0.241. The van der Waals surface area contributed by atoms with E-state index in [0.29, 0.717) is 42.2 Å². The zero-order valence-electron chi connectivity index (χ0n) is 20.4. The quantitative estimate of drug-likeness (QED) is 0.481. The summed E-state index contributed by atoms with van der Waals surface area (Å²) in [6.07, 6.45) is 0.581. The van der Waals surface area contributed by atoms with Gasteiger partial charge in [0.05, 0.1) is 0 Å². The Morgan fingerprint density at radius 2 is 1.71 bits per heavy atom. The van der Waals surface area contributed by atoms with E-state index >= 15 is 0 Å². The van der Waals surface area contributed by atoms with Gasteiger partial charge in [-0.25, -0.2) is 0 Å². The van der Waals surface area contributed by atoms with Gasteiger partial charge in [0.1, 0.15) is 6.04 Å². The van der Waals surface area contributed by atoms with E-state index in [9.17, 15) is 19.2 Å². The third-order valence-electron chi connectivity index (χ3n) is 7.25. The van der Waals surface area contributed by atoms with E-state index in [0.717, 1.165) is 21.6 Å². The molecule has 3 aromatic rings.